The van der Waals surface area contributed by atoms with Crippen molar-refractivity contribution in [1.82, 2.24) is 9.55 Å². The highest BCUT2D eigenvalue weighted by Gasteiger charge is 2.40. The van der Waals surface area contributed by atoms with Crippen LogP contribution in [0.2, 0.25) is 0 Å². The SMILES string of the molecule is COc1c(NC(=O)c2ccc(C)c(N3CC(c4cncn4C(C)(C)C)N=N3)c2)cc(C2(C)CC2)cc1NS(C)(=O)=O. The molecule has 41 heavy (non-hydrogen) atoms. The number of nitrogens with one attached hydrogen (secondary N) is 2. The normalized spacial score (nSPS) is 17.9. The monoisotopic (exact) mass is 579 g/mol. The number of benzene rings is 2. The smallest absolute Gasteiger partial charge is 0.255 e. The van der Waals surface area contributed by atoms with E-state index in [0.29, 0.717) is 23.5 Å². The summed E-state index contributed by atoms with van der Waals surface area (Å²) in [6.07, 6.45) is 6.68. The van der Waals surface area contributed by atoms with Crippen molar-refractivity contribution in [3.8, 4) is 5.75 Å². The fraction of sp³-hybridized carbons (Fsp3) is 0.448. The Morgan fingerprint density at radius 2 is 1.85 bits per heavy atom. The highest BCUT2D eigenvalue weighted by molar-refractivity contribution is 7.92. The van der Waals surface area contributed by atoms with Gasteiger partial charge in [-0.1, -0.05) is 18.2 Å². The fourth-order valence-corrected chi connectivity index (χ4v) is 5.59. The van der Waals surface area contributed by atoms with Crippen LogP contribution >= 0.6 is 0 Å². The number of ether oxygens (including phenoxy) is 1. The second-order valence-corrected chi connectivity index (χ2v) is 13.9. The number of rotatable bonds is 8. The molecule has 1 fully saturated rings. The first-order chi connectivity index (χ1) is 19.2. The number of imidazole rings is 1. The Kier molecular flexibility index (Phi) is 7.09. The van der Waals surface area contributed by atoms with Crippen molar-refractivity contribution in [3.05, 3.63) is 65.2 Å². The van der Waals surface area contributed by atoms with Crippen LogP contribution in [0.4, 0.5) is 17.1 Å². The molecule has 1 unspecified atom stereocenters. The summed E-state index contributed by atoms with van der Waals surface area (Å²) in [5.41, 5.74) is 4.53. The molecule has 1 amide bonds. The van der Waals surface area contributed by atoms with Crippen LogP contribution < -0.4 is 19.8 Å². The molecule has 218 valence electrons. The third-order valence-corrected chi connectivity index (χ3v) is 8.25. The van der Waals surface area contributed by atoms with Crippen molar-refractivity contribution in [2.24, 2.45) is 10.3 Å². The lowest BCUT2D eigenvalue weighted by molar-refractivity contribution is 0.102. The van der Waals surface area contributed by atoms with Crippen LogP contribution in [0.3, 0.4) is 0 Å². The van der Waals surface area contributed by atoms with Crippen molar-refractivity contribution < 1.29 is 17.9 Å². The molecule has 1 saturated carbocycles. The van der Waals surface area contributed by atoms with Crippen LogP contribution in [0, 0.1) is 6.92 Å². The van der Waals surface area contributed by atoms with Gasteiger partial charge in [0.15, 0.2) is 5.75 Å². The van der Waals surface area contributed by atoms with Crippen LogP contribution in [-0.2, 0) is 21.0 Å². The molecule has 0 bridgehead atoms. The molecule has 1 aromatic heterocycles. The summed E-state index contributed by atoms with van der Waals surface area (Å²) in [6.45, 7) is 10.9. The molecule has 0 radical (unpaired) electrons. The lowest BCUT2D eigenvalue weighted by atomic mass is 9.96. The van der Waals surface area contributed by atoms with E-state index in [2.05, 4.69) is 57.6 Å². The minimum absolute atomic E-state index is 0.0730. The Morgan fingerprint density at radius 3 is 2.49 bits per heavy atom. The van der Waals surface area contributed by atoms with Crippen LogP contribution in [-0.4, -0.2) is 43.8 Å². The van der Waals surface area contributed by atoms with Crippen LogP contribution in [0.5, 0.6) is 5.75 Å². The Bertz CT molecular complexity index is 1630. The Labute approximate surface area is 241 Å². The zero-order valence-corrected chi connectivity index (χ0v) is 25.3. The van der Waals surface area contributed by atoms with Crippen molar-refractivity contribution in [2.75, 3.05) is 35.0 Å². The molecule has 2 aliphatic rings. The minimum atomic E-state index is -3.57. The second kappa shape index (κ2) is 10.2. The van der Waals surface area contributed by atoms with Crippen LogP contribution in [0.1, 0.15) is 73.8 Å². The molecule has 1 atom stereocenters. The van der Waals surface area contributed by atoms with E-state index in [1.165, 1.54) is 7.11 Å². The summed E-state index contributed by atoms with van der Waals surface area (Å²) in [4.78, 5) is 17.9. The first-order valence-corrected chi connectivity index (χ1v) is 15.4. The summed E-state index contributed by atoms with van der Waals surface area (Å²) in [6, 6.07) is 8.88. The summed E-state index contributed by atoms with van der Waals surface area (Å²) in [5, 5.41) is 13.7. The van der Waals surface area contributed by atoms with Crippen molar-refractivity contribution in [2.45, 2.75) is 64.5 Å². The standard InChI is InChI=1S/C29H37N7O4S/c1-18-8-9-19(12-24(18)36-16-23(32-34-36)25-15-30-17-35(25)28(2,3)4)27(37)31-21-13-20(29(5)10-11-29)14-22(26(21)40-6)33-41(7,38)39/h8-9,12-15,17,23,33H,10-11,16H2,1-7H3,(H,31,37). The van der Waals surface area contributed by atoms with Gasteiger partial charge in [-0.15, -0.1) is 0 Å². The van der Waals surface area contributed by atoms with Crippen molar-refractivity contribution in [3.63, 3.8) is 0 Å². The van der Waals surface area contributed by atoms with E-state index >= 15 is 0 Å². The van der Waals surface area contributed by atoms with Crippen molar-refractivity contribution in [1.29, 1.82) is 0 Å². The number of hydrogen-bond donors (Lipinski definition) is 2. The van der Waals surface area contributed by atoms with Gasteiger partial charge in [-0.2, -0.15) is 5.11 Å². The molecule has 3 aromatic rings. The first kappa shape index (κ1) is 28.6. The topological polar surface area (TPSA) is 130 Å². The molecule has 2 aromatic carbocycles. The predicted octanol–water partition coefficient (Wildman–Crippen LogP) is 5.56. The number of nitrogens with zero attached hydrogens (tertiary/aromatic N) is 5. The van der Waals surface area contributed by atoms with E-state index in [9.17, 15) is 13.2 Å². The molecule has 5 rings (SSSR count). The van der Waals surface area contributed by atoms with Crippen LogP contribution in [0.25, 0.3) is 0 Å². The van der Waals surface area contributed by atoms with E-state index in [0.717, 1.165) is 41.6 Å². The third-order valence-electron chi connectivity index (χ3n) is 7.66. The molecule has 0 spiro atoms. The van der Waals surface area contributed by atoms with Gasteiger partial charge in [-0.05, 0) is 81.3 Å². The van der Waals surface area contributed by atoms with Gasteiger partial charge in [0, 0.05) is 11.1 Å². The van der Waals surface area contributed by atoms with Crippen molar-refractivity contribution >= 4 is 33.0 Å². The second-order valence-electron chi connectivity index (χ2n) is 12.2. The maximum absolute atomic E-state index is 13.6. The van der Waals surface area contributed by atoms with Gasteiger partial charge in [-0.25, -0.2) is 18.4 Å². The molecule has 1 aliphatic heterocycles. The Morgan fingerprint density at radius 1 is 1.15 bits per heavy atom. The van der Waals surface area contributed by atoms with E-state index in [-0.39, 0.29) is 28.7 Å². The van der Waals surface area contributed by atoms with Gasteiger partial charge in [0.1, 0.15) is 6.04 Å². The number of carbonyl (C=O) groups is 1. The fourth-order valence-electron chi connectivity index (χ4n) is 5.04. The summed E-state index contributed by atoms with van der Waals surface area (Å²) < 4.78 is 34.4. The molecular formula is C29H37N7O4S. The van der Waals surface area contributed by atoms with E-state index in [1.54, 1.807) is 23.2 Å². The van der Waals surface area contributed by atoms with E-state index < -0.39 is 10.0 Å². The third kappa shape index (κ3) is 5.92. The molecule has 2 heterocycles. The lowest BCUT2D eigenvalue weighted by Crippen LogP contribution is -2.26. The average Bonchev–Trinajstić information content (AvgIpc) is 3.26. The van der Waals surface area contributed by atoms with Gasteiger partial charge in [0.2, 0.25) is 10.0 Å². The number of methoxy groups -OCH3 is 1. The zero-order chi connectivity index (χ0) is 29.7. The van der Waals surface area contributed by atoms with E-state index in [1.807, 2.05) is 31.6 Å². The number of hydrogen-bond acceptors (Lipinski definition) is 8. The maximum atomic E-state index is 13.6. The Balaban J connectivity index is 1.42. The average molecular weight is 580 g/mol. The van der Waals surface area contributed by atoms with Gasteiger partial charge >= 0.3 is 0 Å². The van der Waals surface area contributed by atoms with Crippen LogP contribution in [0.15, 0.2) is 53.2 Å². The number of aromatic nitrogens is 2. The molecule has 11 nitrogen and oxygen atoms in total. The minimum Gasteiger partial charge on any atom is -0.492 e. The predicted molar refractivity (Wildman–Crippen MR) is 159 cm³/mol. The number of amides is 1. The molecule has 12 heteroatoms. The van der Waals surface area contributed by atoms with E-state index in [4.69, 9.17) is 4.74 Å². The highest BCUT2D eigenvalue weighted by Crippen LogP contribution is 2.51. The lowest BCUT2D eigenvalue weighted by Gasteiger charge is -2.25. The maximum Gasteiger partial charge on any atom is 0.255 e. The first-order valence-electron chi connectivity index (χ1n) is 13.5. The summed E-state index contributed by atoms with van der Waals surface area (Å²) in [5.74, 6) is -0.109. The quantitative estimate of drug-likeness (QED) is 0.359. The number of aryl methyl sites for hydroxylation is 1. The van der Waals surface area contributed by atoms with Gasteiger partial charge in [0.25, 0.3) is 5.91 Å². The number of carbonyl (C=O) groups excluding carboxylic acids is 1. The molecular weight excluding hydrogens is 542 g/mol. The molecule has 0 saturated heterocycles. The Hall–Kier alpha value is -3.93. The van der Waals surface area contributed by atoms with Gasteiger partial charge in [0.05, 0.1) is 55.2 Å². The summed E-state index contributed by atoms with van der Waals surface area (Å²) >= 11 is 0. The van der Waals surface area contributed by atoms with Gasteiger partial charge in [-0.3, -0.25) is 9.52 Å². The number of sulfonamides is 1. The molecule has 2 N–H and O–H groups in total. The number of anilines is 3. The highest BCUT2D eigenvalue weighted by atomic mass is 32.2. The largest absolute Gasteiger partial charge is 0.492 e. The zero-order valence-electron chi connectivity index (χ0n) is 24.5. The van der Waals surface area contributed by atoms with Gasteiger partial charge < -0.3 is 14.6 Å². The summed E-state index contributed by atoms with van der Waals surface area (Å²) in [7, 11) is -2.13. The molecule has 1 aliphatic carbocycles.